The number of nitrogens with one attached hydrogen (secondary N) is 1. The molecule has 112 valence electrons. The van der Waals surface area contributed by atoms with Crippen LogP contribution in [0.1, 0.15) is 5.56 Å². The first-order valence-electron chi connectivity index (χ1n) is 5.88. The van der Waals surface area contributed by atoms with Gasteiger partial charge >= 0.3 is 6.61 Å². The lowest BCUT2D eigenvalue weighted by Crippen LogP contribution is -2.03. The van der Waals surface area contributed by atoms with Crippen molar-refractivity contribution in [1.29, 1.82) is 0 Å². The van der Waals surface area contributed by atoms with Gasteiger partial charge in [0.2, 0.25) is 0 Å². The van der Waals surface area contributed by atoms with E-state index in [1.54, 1.807) is 12.1 Å². The van der Waals surface area contributed by atoms with Crippen molar-refractivity contribution in [2.75, 3.05) is 5.32 Å². The predicted octanol–water partition coefficient (Wildman–Crippen LogP) is 5.35. The number of ether oxygens (including phenoxy) is 1. The van der Waals surface area contributed by atoms with Gasteiger partial charge in [0.25, 0.3) is 0 Å². The van der Waals surface area contributed by atoms with Crippen LogP contribution in [0.2, 0.25) is 10.0 Å². The number of rotatable bonds is 5. The van der Waals surface area contributed by atoms with E-state index in [2.05, 4.69) is 10.1 Å². The van der Waals surface area contributed by atoms with Crippen molar-refractivity contribution < 1.29 is 17.9 Å². The summed E-state index contributed by atoms with van der Waals surface area (Å²) < 4.78 is 41.3. The third-order valence-electron chi connectivity index (χ3n) is 2.62. The number of anilines is 1. The van der Waals surface area contributed by atoms with E-state index in [4.69, 9.17) is 23.2 Å². The Morgan fingerprint density at radius 1 is 1.05 bits per heavy atom. The highest BCUT2D eigenvalue weighted by molar-refractivity contribution is 6.39. The van der Waals surface area contributed by atoms with Gasteiger partial charge < -0.3 is 10.1 Å². The quantitative estimate of drug-likeness (QED) is 0.795. The van der Waals surface area contributed by atoms with Gasteiger partial charge in [-0.1, -0.05) is 35.3 Å². The number of halogens is 5. The maximum absolute atomic E-state index is 13.0. The molecular formula is C14H10Cl2F3NO. The van der Waals surface area contributed by atoms with Gasteiger partial charge in [-0.25, -0.2) is 4.39 Å². The van der Waals surface area contributed by atoms with Crippen LogP contribution in [0.25, 0.3) is 0 Å². The van der Waals surface area contributed by atoms with Crippen LogP contribution in [0.5, 0.6) is 5.75 Å². The molecule has 2 nitrogen and oxygen atoms in total. The van der Waals surface area contributed by atoms with Crippen molar-refractivity contribution >= 4 is 28.9 Å². The first-order valence-corrected chi connectivity index (χ1v) is 6.63. The number of hydrogen-bond acceptors (Lipinski definition) is 2. The molecule has 0 aliphatic heterocycles. The Hall–Kier alpha value is -1.59. The molecule has 2 aromatic carbocycles. The van der Waals surface area contributed by atoms with Crippen LogP contribution in [0.15, 0.2) is 36.4 Å². The van der Waals surface area contributed by atoms with Crippen LogP contribution in [0.3, 0.4) is 0 Å². The van der Waals surface area contributed by atoms with E-state index in [1.807, 2.05) is 0 Å². The summed E-state index contributed by atoms with van der Waals surface area (Å²) >= 11 is 11.8. The van der Waals surface area contributed by atoms with Crippen LogP contribution in [0.4, 0.5) is 18.9 Å². The smallest absolute Gasteiger partial charge is 0.387 e. The van der Waals surface area contributed by atoms with Gasteiger partial charge in [0.15, 0.2) is 0 Å². The molecule has 0 aromatic heterocycles. The highest BCUT2D eigenvalue weighted by Gasteiger charge is 2.08. The Balaban J connectivity index is 2.03. The molecule has 0 unspecified atom stereocenters. The number of alkyl halides is 2. The first kappa shape index (κ1) is 15.8. The Morgan fingerprint density at radius 3 is 2.14 bits per heavy atom. The fourth-order valence-corrected chi connectivity index (χ4v) is 2.28. The summed E-state index contributed by atoms with van der Waals surface area (Å²) in [5, 5.41) is 3.29. The summed E-state index contributed by atoms with van der Waals surface area (Å²) in [5.74, 6) is -0.448. The summed E-state index contributed by atoms with van der Waals surface area (Å²) in [6.07, 6.45) is 0. The second kappa shape index (κ2) is 6.91. The Labute approximate surface area is 129 Å². The molecule has 0 aliphatic carbocycles. The van der Waals surface area contributed by atoms with Gasteiger partial charge in [-0.3, -0.25) is 0 Å². The Morgan fingerprint density at radius 2 is 1.62 bits per heavy atom. The highest BCUT2D eigenvalue weighted by atomic mass is 35.5. The number of hydrogen-bond donors (Lipinski definition) is 1. The summed E-state index contributed by atoms with van der Waals surface area (Å²) in [6, 6.07) is 8.39. The minimum absolute atomic E-state index is 0.0756. The molecule has 0 bridgehead atoms. The van der Waals surface area contributed by atoms with Crippen LogP contribution in [-0.2, 0) is 6.54 Å². The summed E-state index contributed by atoms with van der Waals surface area (Å²) in [5.41, 5.74) is 1.21. The van der Waals surface area contributed by atoms with E-state index in [-0.39, 0.29) is 15.8 Å². The molecule has 0 atom stereocenters. The van der Waals surface area contributed by atoms with Crippen molar-refractivity contribution in [1.82, 2.24) is 0 Å². The van der Waals surface area contributed by atoms with Crippen molar-refractivity contribution in [3.8, 4) is 5.75 Å². The fourth-order valence-electron chi connectivity index (χ4n) is 1.69. The van der Waals surface area contributed by atoms with Gasteiger partial charge in [0.1, 0.15) is 11.6 Å². The lowest BCUT2D eigenvalue weighted by Gasteiger charge is -2.11. The average Bonchev–Trinajstić information content (AvgIpc) is 2.38. The van der Waals surface area contributed by atoms with Gasteiger partial charge in [-0.2, -0.15) is 8.78 Å². The van der Waals surface area contributed by atoms with Crippen LogP contribution >= 0.6 is 23.2 Å². The fraction of sp³-hybridized carbons (Fsp3) is 0.143. The maximum atomic E-state index is 13.0. The molecule has 0 heterocycles. The molecule has 21 heavy (non-hydrogen) atoms. The molecular weight excluding hydrogens is 326 g/mol. The maximum Gasteiger partial charge on any atom is 0.387 e. The minimum Gasteiger partial charge on any atom is -0.435 e. The minimum atomic E-state index is -2.86. The largest absolute Gasteiger partial charge is 0.435 e. The van der Waals surface area contributed by atoms with Gasteiger partial charge in [-0.15, -0.1) is 0 Å². The van der Waals surface area contributed by atoms with Crippen molar-refractivity contribution in [3.63, 3.8) is 0 Å². The summed E-state index contributed by atoms with van der Waals surface area (Å²) in [7, 11) is 0. The molecule has 7 heteroatoms. The lowest BCUT2D eigenvalue weighted by molar-refractivity contribution is -0.0498. The molecule has 0 radical (unpaired) electrons. The summed E-state index contributed by atoms with van der Waals surface area (Å²) in [6.45, 7) is -2.51. The second-order valence-electron chi connectivity index (χ2n) is 4.12. The lowest BCUT2D eigenvalue weighted by atomic mass is 10.2. The molecule has 0 saturated heterocycles. The third-order valence-corrected chi connectivity index (χ3v) is 3.22. The second-order valence-corrected chi connectivity index (χ2v) is 4.93. The van der Waals surface area contributed by atoms with Gasteiger partial charge in [0.05, 0.1) is 15.7 Å². The molecule has 2 rings (SSSR count). The van der Waals surface area contributed by atoms with E-state index < -0.39 is 12.4 Å². The molecule has 1 N–H and O–H groups in total. The van der Waals surface area contributed by atoms with Crippen LogP contribution in [0, 0.1) is 5.82 Å². The van der Waals surface area contributed by atoms with Gasteiger partial charge in [0, 0.05) is 6.54 Å². The van der Waals surface area contributed by atoms with Crippen molar-refractivity contribution in [2.24, 2.45) is 0 Å². The third kappa shape index (κ3) is 4.44. The van der Waals surface area contributed by atoms with Crippen molar-refractivity contribution in [2.45, 2.75) is 13.2 Å². The molecule has 0 aliphatic rings. The molecule has 0 saturated carbocycles. The predicted molar refractivity (Wildman–Crippen MR) is 76.8 cm³/mol. The number of benzene rings is 2. The van der Waals surface area contributed by atoms with E-state index in [9.17, 15) is 13.2 Å². The Bertz CT molecular complexity index is 597. The molecule has 0 fully saturated rings. The standard InChI is InChI=1S/C14H10Cl2F3NO/c15-11-5-9(17)6-12(16)13(11)20-7-8-1-3-10(4-2-8)21-14(18)19/h1-6,14,20H,7H2. The van der Waals surface area contributed by atoms with E-state index in [1.165, 1.54) is 12.1 Å². The monoisotopic (exact) mass is 335 g/mol. The normalized spacial score (nSPS) is 10.8. The van der Waals surface area contributed by atoms with Crippen LogP contribution < -0.4 is 10.1 Å². The molecule has 0 spiro atoms. The van der Waals surface area contributed by atoms with Crippen LogP contribution in [-0.4, -0.2) is 6.61 Å². The summed E-state index contributed by atoms with van der Waals surface area (Å²) in [4.78, 5) is 0. The SMILES string of the molecule is Fc1cc(Cl)c(NCc2ccc(OC(F)F)cc2)c(Cl)c1. The molecule has 2 aromatic rings. The zero-order chi connectivity index (χ0) is 15.4. The van der Waals surface area contributed by atoms with Crippen molar-refractivity contribution in [3.05, 3.63) is 57.8 Å². The topological polar surface area (TPSA) is 21.3 Å². The zero-order valence-electron chi connectivity index (χ0n) is 10.5. The van der Waals surface area contributed by atoms with E-state index in [0.717, 1.165) is 17.7 Å². The average molecular weight is 336 g/mol. The Kier molecular flexibility index (Phi) is 5.20. The van der Waals surface area contributed by atoms with Gasteiger partial charge in [-0.05, 0) is 29.8 Å². The zero-order valence-corrected chi connectivity index (χ0v) is 12.1. The molecule has 0 amide bonds. The van der Waals surface area contributed by atoms with E-state index in [0.29, 0.717) is 12.2 Å². The first-order chi connectivity index (χ1) is 9.95. The van der Waals surface area contributed by atoms with E-state index >= 15 is 0 Å². The highest BCUT2D eigenvalue weighted by Crippen LogP contribution is 2.31.